The molecule has 2 aromatic carbocycles. The number of anilines is 1. The van der Waals surface area contributed by atoms with E-state index in [1.807, 2.05) is 4.72 Å². The molecule has 0 amide bonds. The summed E-state index contributed by atoms with van der Waals surface area (Å²) in [5.74, 6) is -5.15. The molecule has 2 rings (SSSR count). The van der Waals surface area contributed by atoms with Gasteiger partial charge in [0.25, 0.3) is 10.0 Å². The van der Waals surface area contributed by atoms with Gasteiger partial charge in [-0.25, -0.2) is 34.7 Å². The van der Waals surface area contributed by atoms with E-state index in [9.17, 15) is 30.4 Å². The van der Waals surface area contributed by atoms with Crippen molar-refractivity contribution in [2.45, 2.75) is 9.79 Å². The normalized spacial score (nSPS) is 12.2. The van der Waals surface area contributed by atoms with Gasteiger partial charge in [0.05, 0.1) is 15.4 Å². The first-order valence-corrected chi connectivity index (χ1v) is 10.1. The summed E-state index contributed by atoms with van der Waals surface area (Å²) in [5.41, 5.74) is -1.20. The summed E-state index contributed by atoms with van der Waals surface area (Å²) in [6, 6.07) is 5.45. The molecule has 0 atom stereocenters. The maximum atomic E-state index is 13.5. The zero-order valence-electron chi connectivity index (χ0n) is 14.0. The van der Waals surface area contributed by atoms with Crippen LogP contribution in [0.5, 0.6) is 0 Å². The van der Waals surface area contributed by atoms with E-state index in [1.165, 1.54) is 14.1 Å². The highest BCUT2D eigenvalue weighted by molar-refractivity contribution is 7.92. The molecule has 27 heavy (non-hydrogen) atoms. The van der Waals surface area contributed by atoms with E-state index in [0.29, 0.717) is 12.1 Å². The molecule has 0 unspecified atom stereocenters. The lowest BCUT2D eigenvalue weighted by Gasteiger charge is -2.13. The third-order valence-corrected chi connectivity index (χ3v) is 6.62. The molecule has 0 saturated heterocycles. The molecule has 0 aliphatic heterocycles. The molecule has 0 spiro atoms. The zero-order chi connectivity index (χ0) is 20.6. The zero-order valence-corrected chi connectivity index (χ0v) is 15.6. The summed E-state index contributed by atoms with van der Waals surface area (Å²) in [6.07, 6.45) is 0. The molecule has 0 aromatic heterocycles. The van der Waals surface area contributed by atoms with Crippen molar-refractivity contribution in [3.63, 3.8) is 0 Å². The number of hydrogen-bond acceptors (Lipinski definition) is 5. The Balaban J connectivity index is 2.39. The molecule has 2 aromatic rings. The number of nitrogens with one attached hydrogen (secondary N) is 1. The summed E-state index contributed by atoms with van der Waals surface area (Å²) in [6.45, 7) is 0. The Hall–Kier alpha value is -2.57. The molecular formula is C15H14F2N2O6S2. The van der Waals surface area contributed by atoms with Gasteiger partial charge in [0.2, 0.25) is 10.0 Å². The van der Waals surface area contributed by atoms with E-state index < -0.39 is 48.1 Å². The van der Waals surface area contributed by atoms with E-state index in [4.69, 9.17) is 5.11 Å². The van der Waals surface area contributed by atoms with Crippen LogP contribution in [-0.2, 0) is 20.0 Å². The summed E-state index contributed by atoms with van der Waals surface area (Å²) in [4.78, 5) is 10.0. The average molecular weight is 420 g/mol. The van der Waals surface area contributed by atoms with Gasteiger partial charge in [0, 0.05) is 19.8 Å². The molecule has 0 saturated carbocycles. The molecule has 0 bridgehead atoms. The maximum absolute atomic E-state index is 13.5. The highest BCUT2D eigenvalue weighted by Crippen LogP contribution is 2.23. The number of sulfonamides is 2. The highest BCUT2D eigenvalue weighted by Gasteiger charge is 2.23. The molecule has 146 valence electrons. The number of hydrogen-bond donors (Lipinski definition) is 2. The molecule has 12 heteroatoms. The summed E-state index contributed by atoms with van der Waals surface area (Å²) in [5, 5.41) is 8.84. The lowest BCUT2D eigenvalue weighted by atomic mass is 10.2. The largest absolute Gasteiger partial charge is 0.478 e. The first-order chi connectivity index (χ1) is 12.4. The second-order valence-electron chi connectivity index (χ2n) is 5.49. The van der Waals surface area contributed by atoms with Gasteiger partial charge in [-0.3, -0.25) is 4.72 Å². The molecule has 0 radical (unpaired) electrons. The molecule has 0 fully saturated rings. The van der Waals surface area contributed by atoms with Gasteiger partial charge in [-0.05, 0) is 36.4 Å². The van der Waals surface area contributed by atoms with Crippen molar-refractivity contribution in [2.24, 2.45) is 0 Å². The van der Waals surface area contributed by atoms with Crippen molar-refractivity contribution in [1.29, 1.82) is 0 Å². The van der Waals surface area contributed by atoms with Crippen LogP contribution in [0.1, 0.15) is 10.4 Å². The first-order valence-electron chi connectivity index (χ1n) is 7.14. The fourth-order valence-electron chi connectivity index (χ4n) is 1.99. The van der Waals surface area contributed by atoms with Gasteiger partial charge >= 0.3 is 5.97 Å². The van der Waals surface area contributed by atoms with E-state index >= 15 is 0 Å². The van der Waals surface area contributed by atoms with Crippen LogP contribution in [0.3, 0.4) is 0 Å². The van der Waals surface area contributed by atoms with Crippen molar-refractivity contribution in [3.05, 3.63) is 53.6 Å². The predicted molar refractivity (Wildman–Crippen MR) is 91.4 cm³/mol. The van der Waals surface area contributed by atoms with Crippen molar-refractivity contribution in [1.82, 2.24) is 4.31 Å². The van der Waals surface area contributed by atoms with Gasteiger partial charge < -0.3 is 5.11 Å². The Labute approximate surface area is 154 Å². The van der Waals surface area contributed by atoms with Crippen LogP contribution < -0.4 is 4.72 Å². The molecule has 0 heterocycles. The van der Waals surface area contributed by atoms with Crippen molar-refractivity contribution in [2.75, 3.05) is 18.8 Å². The summed E-state index contributed by atoms with van der Waals surface area (Å²) < 4.78 is 78.5. The number of aromatic carboxylic acids is 1. The number of benzene rings is 2. The molecule has 8 nitrogen and oxygen atoms in total. The fraction of sp³-hybridized carbons (Fsp3) is 0.133. The Morgan fingerprint density at radius 2 is 1.56 bits per heavy atom. The highest BCUT2D eigenvalue weighted by atomic mass is 32.2. The SMILES string of the molecule is CN(C)S(=O)(=O)c1ccc(NS(=O)(=O)c2cc(F)c(F)c(C(=O)O)c2)cc1. The summed E-state index contributed by atoms with van der Waals surface area (Å²) >= 11 is 0. The topological polar surface area (TPSA) is 121 Å². The van der Waals surface area contributed by atoms with Gasteiger partial charge in [-0.1, -0.05) is 0 Å². The van der Waals surface area contributed by atoms with Crippen LogP contribution in [0.25, 0.3) is 0 Å². The quantitative estimate of drug-likeness (QED) is 0.734. The van der Waals surface area contributed by atoms with Gasteiger partial charge in [0.1, 0.15) is 0 Å². The third-order valence-electron chi connectivity index (χ3n) is 3.43. The Morgan fingerprint density at radius 3 is 2.04 bits per heavy atom. The van der Waals surface area contributed by atoms with E-state index in [1.54, 1.807) is 0 Å². The van der Waals surface area contributed by atoms with Crippen molar-refractivity contribution >= 4 is 31.7 Å². The molecular weight excluding hydrogens is 406 g/mol. The minimum Gasteiger partial charge on any atom is -0.478 e. The van der Waals surface area contributed by atoms with Gasteiger partial charge in [-0.2, -0.15) is 0 Å². The van der Waals surface area contributed by atoms with E-state index in [0.717, 1.165) is 28.6 Å². The van der Waals surface area contributed by atoms with Gasteiger partial charge in [-0.15, -0.1) is 0 Å². The number of rotatable bonds is 6. The predicted octanol–water partition coefficient (Wildman–Crippen LogP) is 1.71. The number of carboxylic acid groups (broad SMARTS) is 1. The molecule has 0 aliphatic rings. The lowest BCUT2D eigenvalue weighted by Crippen LogP contribution is -2.22. The number of nitrogens with zero attached hydrogens (tertiary/aromatic N) is 1. The third kappa shape index (κ3) is 4.23. The minimum atomic E-state index is -4.45. The number of halogens is 2. The van der Waals surface area contributed by atoms with Crippen LogP contribution in [0.15, 0.2) is 46.2 Å². The van der Waals surface area contributed by atoms with E-state index in [-0.39, 0.29) is 10.6 Å². The Morgan fingerprint density at radius 1 is 1.00 bits per heavy atom. The van der Waals surface area contributed by atoms with Gasteiger partial charge in [0.15, 0.2) is 11.6 Å². The standard InChI is InChI=1S/C15H14F2N2O6S2/c1-19(2)27(24,25)10-5-3-9(4-6-10)18-26(22,23)11-7-12(15(20)21)14(17)13(16)8-11/h3-8,18H,1-2H3,(H,20,21). The van der Waals surface area contributed by atoms with Crippen LogP contribution in [0.4, 0.5) is 14.5 Å². The molecule has 0 aliphatic carbocycles. The number of carbonyl (C=O) groups is 1. The van der Waals surface area contributed by atoms with Crippen LogP contribution >= 0.6 is 0 Å². The summed E-state index contributed by atoms with van der Waals surface area (Å²) in [7, 11) is -5.51. The second-order valence-corrected chi connectivity index (χ2v) is 9.32. The maximum Gasteiger partial charge on any atom is 0.338 e. The van der Waals surface area contributed by atoms with Crippen LogP contribution in [-0.4, -0.2) is 46.3 Å². The first kappa shape index (κ1) is 20.7. The molecule has 2 N–H and O–H groups in total. The van der Waals surface area contributed by atoms with E-state index in [2.05, 4.69) is 0 Å². The average Bonchev–Trinajstić information content (AvgIpc) is 2.56. The Bertz CT molecular complexity index is 1100. The Kier molecular flexibility index (Phi) is 5.54. The lowest BCUT2D eigenvalue weighted by molar-refractivity contribution is 0.0690. The van der Waals surface area contributed by atoms with Crippen molar-refractivity contribution in [3.8, 4) is 0 Å². The second kappa shape index (κ2) is 7.21. The van der Waals surface area contributed by atoms with Crippen molar-refractivity contribution < 1.29 is 35.5 Å². The monoisotopic (exact) mass is 420 g/mol. The number of carboxylic acids is 1. The van der Waals surface area contributed by atoms with Crippen LogP contribution in [0.2, 0.25) is 0 Å². The minimum absolute atomic E-state index is 0.0608. The van der Waals surface area contributed by atoms with Crippen LogP contribution in [0, 0.1) is 11.6 Å². The smallest absolute Gasteiger partial charge is 0.338 e. The fourth-order valence-corrected chi connectivity index (χ4v) is 3.99.